The summed E-state index contributed by atoms with van der Waals surface area (Å²) in [5, 5.41) is 2.31. The number of nitrogens with zero attached hydrogens (tertiary/aromatic N) is 1. The van der Waals surface area contributed by atoms with Crippen LogP contribution in [0.1, 0.15) is 19.4 Å². The van der Waals surface area contributed by atoms with Gasteiger partial charge >= 0.3 is 7.60 Å². The van der Waals surface area contributed by atoms with Crippen molar-refractivity contribution in [1.82, 2.24) is 4.57 Å². The molecule has 0 saturated carbocycles. The Bertz CT molecular complexity index is 1140. The molecule has 0 aliphatic heterocycles. The third kappa shape index (κ3) is 3.51. The Balaban J connectivity index is 1.87. The molecule has 0 N–H and O–H groups in total. The lowest BCUT2D eigenvalue weighted by molar-refractivity contribution is 0.219. The molecule has 0 atom stereocenters. The van der Waals surface area contributed by atoms with Crippen molar-refractivity contribution in [3.63, 3.8) is 0 Å². The second kappa shape index (κ2) is 7.92. The lowest BCUT2D eigenvalue weighted by atomic mass is 10.1. The molecule has 0 radical (unpaired) electrons. The fourth-order valence-electron chi connectivity index (χ4n) is 3.72. The summed E-state index contributed by atoms with van der Waals surface area (Å²) in [6, 6.07) is 24.9. The Morgan fingerprint density at radius 2 is 1.43 bits per heavy atom. The quantitative estimate of drug-likeness (QED) is 0.334. The fraction of sp³-hybridized carbons (Fsp3) is 0.217. The highest BCUT2D eigenvalue weighted by Crippen LogP contribution is 2.51. The van der Waals surface area contributed by atoms with Crippen LogP contribution in [0.5, 0.6) is 0 Å². The highest BCUT2D eigenvalue weighted by Gasteiger charge is 2.24. The summed E-state index contributed by atoms with van der Waals surface area (Å²) >= 11 is 0. The summed E-state index contributed by atoms with van der Waals surface area (Å²) in [6.07, 6.45) is 0.273. The van der Waals surface area contributed by atoms with Crippen LogP contribution in [-0.4, -0.2) is 17.8 Å². The van der Waals surface area contributed by atoms with Gasteiger partial charge in [-0.1, -0.05) is 42.5 Å². The average Bonchev–Trinajstić information content (AvgIpc) is 3.03. The molecule has 0 aliphatic rings. The predicted molar refractivity (Wildman–Crippen MR) is 115 cm³/mol. The number of fused-ring (bicyclic) bond motifs is 3. The summed E-state index contributed by atoms with van der Waals surface area (Å²) in [6.45, 7) is 4.41. The van der Waals surface area contributed by atoms with Crippen molar-refractivity contribution < 1.29 is 13.6 Å². The van der Waals surface area contributed by atoms with Crippen LogP contribution in [-0.2, 0) is 19.8 Å². The van der Waals surface area contributed by atoms with Crippen LogP contribution >= 0.6 is 7.60 Å². The van der Waals surface area contributed by atoms with Crippen LogP contribution in [0.15, 0.2) is 72.8 Å². The van der Waals surface area contributed by atoms with Crippen molar-refractivity contribution in [2.75, 3.05) is 13.2 Å². The summed E-state index contributed by atoms with van der Waals surface area (Å²) in [5.74, 6) is 0. The summed E-state index contributed by atoms with van der Waals surface area (Å²) in [7, 11) is -3.14. The maximum absolute atomic E-state index is 13.0. The van der Waals surface area contributed by atoms with Crippen molar-refractivity contribution in [3.05, 3.63) is 78.4 Å². The van der Waals surface area contributed by atoms with E-state index in [1.54, 1.807) is 0 Å². The number of para-hydroxylation sites is 2. The molecule has 5 heteroatoms. The van der Waals surface area contributed by atoms with Gasteiger partial charge in [-0.3, -0.25) is 4.57 Å². The molecule has 0 bridgehead atoms. The van der Waals surface area contributed by atoms with Crippen molar-refractivity contribution in [3.8, 4) is 5.69 Å². The zero-order chi connectivity index (χ0) is 19.6. The van der Waals surface area contributed by atoms with Crippen LogP contribution in [0.4, 0.5) is 0 Å². The van der Waals surface area contributed by atoms with E-state index in [2.05, 4.69) is 53.1 Å². The standard InChI is InChI=1S/C23H24NO3P/c1-3-26-28(25,27-4-2)17-18-14-15-23-21(16-18)20-12-8-9-13-22(20)24(23)19-10-6-5-7-11-19/h5-16H,3-4,17H2,1-2H3. The molecular weight excluding hydrogens is 369 g/mol. The largest absolute Gasteiger partial charge is 0.335 e. The van der Waals surface area contributed by atoms with Gasteiger partial charge in [-0.05, 0) is 49.7 Å². The zero-order valence-electron chi connectivity index (χ0n) is 16.2. The fourth-order valence-corrected chi connectivity index (χ4v) is 5.41. The van der Waals surface area contributed by atoms with Gasteiger partial charge < -0.3 is 13.6 Å². The van der Waals surface area contributed by atoms with Gasteiger partial charge in [0.05, 0.1) is 30.4 Å². The Morgan fingerprint density at radius 3 is 2.14 bits per heavy atom. The minimum Gasteiger partial charge on any atom is -0.309 e. The van der Waals surface area contributed by atoms with Gasteiger partial charge in [-0.15, -0.1) is 0 Å². The molecule has 3 aromatic carbocycles. The lowest BCUT2D eigenvalue weighted by Gasteiger charge is -2.17. The van der Waals surface area contributed by atoms with Crippen LogP contribution < -0.4 is 0 Å². The van der Waals surface area contributed by atoms with Crippen LogP contribution in [0.3, 0.4) is 0 Å². The second-order valence-corrected chi connectivity index (χ2v) is 8.70. The van der Waals surface area contributed by atoms with Gasteiger partial charge in [0.2, 0.25) is 0 Å². The minimum atomic E-state index is -3.14. The summed E-state index contributed by atoms with van der Waals surface area (Å²) < 4.78 is 26.2. The maximum atomic E-state index is 13.0. The molecule has 4 rings (SSSR count). The Labute approximate surface area is 165 Å². The first kappa shape index (κ1) is 18.9. The van der Waals surface area contributed by atoms with E-state index in [-0.39, 0.29) is 6.16 Å². The highest BCUT2D eigenvalue weighted by atomic mass is 31.2. The third-order valence-electron chi connectivity index (χ3n) is 4.78. The molecule has 1 aromatic heterocycles. The van der Waals surface area contributed by atoms with E-state index in [0.29, 0.717) is 13.2 Å². The molecule has 0 unspecified atom stereocenters. The lowest BCUT2D eigenvalue weighted by Crippen LogP contribution is -1.99. The van der Waals surface area contributed by atoms with Gasteiger partial charge in [0, 0.05) is 16.5 Å². The van der Waals surface area contributed by atoms with Gasteiger partial charge in [0.15, 0.2) is 0 Å². The Morgan fingerprint density at radius 1 is 0.786 bits per heavy atom. The van der Waals surface area contributed by atoms with E-state index in [9.17, 15) is 4.57 Å². The number of benzene rings is 3. The number of aromatic nitrogens is 1. The number of rotatable bonds is 7. The van der Waals surface area contributed by atoms with Gasteiger partial charge in [0.25, 0.3) is 0 Å². The van der Waals surface area contributed by atoms with E-state index in [4.69, 9.17) is 9.05 Å². The van der Waals surface area contributed by atoms with Crippen molar-refractivity contribution in [1.29, 1.82) is 0 Å². The molecule has 0 fully saturated rings. The van der Waals surface area contributed by atoms with Crippen LogP contribution in [0.25, 0.3) is 27.5 Å². The molecule has 0 amide bonds. The second-order valence-electron chi connectivity index (χ2n) is 6.64. The number of hydrogen-bond donors (Lipinski definition) is 0. The Kier molecular flexibility index (Phi) is 5.36. The molecule has 1 heterocycles. The van der Waals surface area contributed by atoms with E-state index >= 15 is 0 Å². The van der Waals surface area contributed by atoms with Crippen molar-refractivity contribution in [2.45, 2.75) is 20.0 Å². The van der Waals surface area contributed by atoms with E-state index < -0.39 is 7.60 Å². The molecule has 28 heavy (non-hydrogen) atoms. The Hall–Kier alpha value is -2.39. The molecule has 4 aromatic rings. The summed E-state index contributed by atoms with van der Waals surface area (Å²) in [5.41, 5.74) is 4.35. The maximum Gasteiger partial charge on any atom is 0.335 e. The minimum absolute atomic E-state index is 0.273. The van der Waals surface area contributed by atoms with Crippen LogP contribution in [0.2, 0.25) is 0 Å². The van der Waals surface area contributed by atoms with E-state index in [0.717, 1.165) is 27.7 Å². The first-order valence-electron chi connectivity index (χ1n) is 9.61. The molecule has 0 spiro atoms. The van der Waals surface area contributed by atoms with E-state index in [1.165, 1.54) is 5.39 Å². The SMILES string of the molecule is CCOP(=O)(Cc1ccc2c(c1)c1ccccc1n2-c1ccccc1)OCC. The normalized spacial score (nSPS) is 12.1. The van der Waals surface area contributed by atoms with Gasteiger partial charge in [-0.2, -0.15) is 0 Å². The van der Waals surface area contributed by atoms with Gasteiger partial charge in [-0.25, -0.2) is 0 Å². The van der Waals surface area contributed by atoms with Crippen molar-refractivity contribution >= 4 is 29.4 Å². The predicted octanol–water partition coefficient (Wildman–Crippen LogP) is 6.55. The molecule has 0 aliphatic carbocycles. The highest BCUT2D eigenvalue weighted by molar-refractivity contribution is 7.53. The molecule has 4 nitrogen and oxygen atoms in total. The van der Waals surface area contributed by atoms with Crippen LogP contribution in [0, 0.1) is 0 Å². The van der Waals surface area contributed by atoms with Gasteiger partial charge in [0.1, 0.15) is 0 Å². The first-order valence-corrected chi connectivity index (χ1v) is 11.3. The molecule has 0 saturated heterocycles. The van der Waals surface area contributed by atoms with E-state index in [1.807, 2.05) is 38.1 Å². The third-order valence-corrected chi connectivity index (χ3v) is 6.83. The monoisotopic (exact) mass is 393 g/mol. The zero-order valence-corrected chi connectivity index (χ0v) is 17.1. The first-order chi connectivity index (χ1) is 13.6. The number of hydrogen-bond acceptors (Lipinski definition) is 3. The molecular formula is C23H24NO3P. The average molecular weight is 393 g/mol. The topological polar surface area (TPSA) is 40.5 Å². The smallest absolute Gasteiger partial charge is 0.309 e. The van der Waals surface area contributed by atoms with Crippen molar-refractivity contribution in [2.24, 2.45) is 0 Å². The molecule has 144 valence electrons. The summed E-state index contributed by atoms with van der Waals surface area (Å²) in [4.78, 5) is 0.